The van der Waals surface area contributed by atoms with E-state index in [1.54, 1.807) is 12.3 Å². The van der Waals surface area contributed by atoms with Crippen molar-refractivity contribution in [3.05, 3.63) is 70.8 Å². The number of carbonyl (C=O) groups is 1. The fourth-order valence-electron chi connectivity index (χ4n) is 3.83. The van der Waals surface area contributed by atoms with Gasteiger partial charge >= 0.3 is 5.97 Å². The number of fused-ring (bicyclic) bond motifs is 1. The molecule has 2 aromatic heterocycles. The summed E-state index contributed by atoms with van der Waals surface area (Å²) in [7, 11) is 0. The van der Waals surface area contributed by atoms with Crippen molar-refractivity contribution in [2.24, 2.45) is 0 Å². The molecule has 1 aliphatic rings. The molecule has 5 rings (SSSR count). The highest BCUT2D eigenvalue weighted by Crippen LogP contribution is 2.40. The van der Waals surface area contributed by atoms with Crippen LogP contribution in [0.25, 0.3) is 32.8 Å². The predicted octanol–water partition coefficient (Wildman–Crippen LogP) is 3.87. The molecule has 138 valence electrons. The molecule has 0 saturated carbocycles. The molecular weight excluding hydrogens is 356 g/mol. The maximum atomic E-state index is 12.7. The summed E-state index contributed by atoms with van der Waals surface area (Å²) in [6.07, 6.45) is 4.99. The Morgan fingerprint density at radius 3 is 2.89 bits per heavy atom. The van der Waals surface area contributed by atoms with Gasteiger partial charge in [0.15, 0.2) is 5.75 Å². The minimum atomic E-state index is -1.22. The van der Waals surface area contributed by atoms with E-state index in [2.05, 4.69) is 11.1 Å². The lowest BCUT2D eigenvalue weighted by Crippen LogP contribution is -2.26. The highest BCUT2D eigenvalue weighted by atomic mass is 16.5. The van der Waals surface area contributed by atoms with Gasteiger partial charge in [-0.1, -0.05) is 12.1 Å². The summed E-state index contributed by atoms with van der Waals surface area (Å²) in [4.78, 5) is 28.3. The van der Waals surface area contributed by atoms with Crippen LogP contribution in [0.1, 0.15) is 23.3 Å². The van der Waals surface area contributed by atoms with Crippen LogP contribution < -0.4 is 10.2 Å². The third-order valence-corrected chi connectivity index (χ3v) is 5.27. The summed E-state index contributed by atoms with van der Waals surface area (Å²) in [5.74, 6) is -0.610. The van der Waals surface area contributed by atoms with Gasteiger partial charge < -0.3 is 14.4 Å². The predicted molar refractivity (Wildman–Crippen MR) is 106 cm³/mol. The van der Waals surface area contributed by atoms with Crippen LogP contribution in [0.4, 0.5) is 0 Å². The van der Waals surface area contributed by atoms with Crippen molar-refractivity contribution in [1.82, 2.24) is 9.55 Å². The molecule has 2 aromatic carbocycles. The molecule has 0 saturated heterocycles. The van der Waals surface area contributed by atoms with Gasteiger partial charge in [0, 0.05) is 29.5 Å². The number of rotatable bonds is 2. The number of carboxylic acid groups (broad SMARTS) is 1. The van der Waals surface area contributed by atoms with Crippen molar-refractivity contribution >= 4 is 27.6 Å². The van der Waals surface area contributed by atoms with Crippen LogP contribution in [0.3, 0.4) is 0 Å². The smallest absolute Gasteiger partial charge is 0.341 e. The number of ether oxygens (including phenoxy) is 1. The quantitative estimate of drug-likeness (QED) is 0.578. The summed E-state index contributed by atoms with van der Waals surface area (Å²) in [6.45, 7) is 2.34. The lowest BCUT2D eigenvalue weighted by molar-refractivity contribution is 0.0694. The molecule has 6 heteroatoms. The zero-order valence-electron chi connectivity index (χ0n) is 15.0. The molecule has 6 nitrogen and oxygen atoms in total. The second-order valence-electron chi connectivity index (χ2n) is 7.02. The number of benzene rings is 2. The summed E-state index contributed by atoms with van der Waals surface area (Å²) in [5, 5.41) is 11.9. The SMILES string of the molecule is C[C@H]1COc2c(-c3ccc4cnccc4c3)ccc3c(=O)c(C(=O)O)cn1c23. The van der Waals surface area contributed by atoms with E-state index in [0.717, 1.165) is 21.9 Å². The van der Waals surface area contributed by atoms with E-state index in [9.17, 15) is 14.7 Å². The molecular formula is C22H16N2O4. The molecule has 0 spiro atoms. The first-order chi connectivity index (χ1) is 13.5. The van der Waals surface area contributed by atoms with E-state index < -0.39 is 11.4 Å². The Hall–Kier alpha value is -3.67. The van der Waals surface area contributed by atoms with Crippen LogP contribution in [0.15, 0.2) is 59.8 Å². The molecule has 0 unspecified atom stereocenters. The Labute approximate surface area is 159 Å². The maximum absolute atomic E-state index is 12.7. The molecule has 1 aliphatic heterocycles. The van der Waals surface area contributed by atoms with Crippen LogP contribution in [0.5, 0.6) is 5.75 Å². The van der Waals surface area contributed by atoms with Gasteiger partial charge in [-0.2, -0.15) is 0 Å². The largest absolute Gasteiger partial charge is 0.489 e. The molecule has 1 N–H and O–H groups in total. The molecule has 1 atom stereocenters. The van der Waals surface area contributed by atoms with E-state index in [0.29, 0.717) is 23.3 Å². The van der Waals surface area contributed by atoms with Gasteiger partial charge in [-0.15, -0.1) is 0 Å². The Bertz CT molecular complexity index is 1340. The van der Waals surface area contributed by atoms with Gasteiger partial charge in [0.2, 0.25) is 5.43 Å². The van der Waals surface area contributed by atoms with E-state index in [1.807, 2.05) is 42.0 Å². The van der Waals surface area contributed by atoms with Crippen LogP contribution >= 0.6 is 0 Å². The molecule has 0 radical (unpaired) electrons. The zero-order chi connectivity index (χ0) is 19.4. The Balaban J connectivity index is 1.84. The first-order valence-electron chi connectivity index (χ1n) is 8.96. The molecule has 0 amide bonds. The summed E-state index contributed by atoms with van der Waals surface area (Å²) < 4.78 is 7.88. The van der Waals surface area contributed by atoms with Crippen LogP contribution in [-0.2, 0) is 0 Å². The fourth-order valence-corrected chi connectivity index (χ4v) is 3.83. The normalized spacial score (nSPS) is 15.5. The number of aromatic nitrogens is 2. The van der Waals surface area contributed by atoms with Crippen molar-refractivity contribution in [2.75, 3.05) is 6.61 Å². The maximum Gasteiger partial charge on any atom is 0.341 e. The topological polar surface area (TPSA) is 81.4 Å². The van der Waals surface area contributed by atoms with Gasteiger partial charge in [0.25, 0.3) is 0 Å². The standard InChI is InChI=1S/C22H16N2O4/c1-12-11-28-21-16(14-2-3-15-9-23-7-6-13(15)8-14)4-5-17-19(21)24(12)10-18(20(17)25)22(26)27/h2-10,12H,11H2,1H3,(H,26,27)/t12-/m0/s1. The second kappa shape index (κ2) is 5.92. The third kappa shape index (κ3) is 2.31. The van der Waals surface area contributed by atoms with Crippen LogP contribution in [0, 0.1) is 0 Å². The lowest BCUT2D eigenvalue weighted by Gasteiger charge is -2.28. The van der Waals surface area contributed by atoms with Crippen LogP contribution in [-0.4, -0.2) is 27.2 Å². The Morgan fingerprint density at radius 2 is 2.07 bits per heavy atom. The summed E-state index contributed by atoms with van der Waals surface area (Å²) >= 11 is 0. The number of nitrogens with zero attached hydrogens (tertiary/aromatic N) is 2. The second-order valence-corrected chi connectivity index (χ2v) is 7.02. The molecule has 0 fully saturated rings. The summed E-state index contributed by atoms with van der Waals surface area (Å²) in [5.41, 5.74) is 1.76. The van der Waals surface area contributed by atoms with Crippen molar-refractivity contribution in [3.63, 3.8) is 0 Å². The Kier molecular flexibility index (Phi) is 3.49. The van der Waals surface area contributed by atoms with Gasteiger partial charge in [-0.05, 0) is 42.1 Å². The Morgan fingerprint density at radius 1 is 1.21 bits per heavy atom. The fraction of sp³-hybridized carbons (Fsp3) is 0.136. The van der Waals surface area contributed by atoms with Crippen molar-refractivity contribution < 1.29 is 14.6 Å². The van der Waals surface area contributed by atoms with Gasteiger partial charge in [-0.25, -0.2) is 4.79 Å². The molecule has 0 bridgehead atoms. The highest BCUT2D eigenvalue weighted by Gasteiger charge is 2.26. The minimum Gasteiger partial charge on any atom is -0.489 e. The average molecular weight is 372 g/mol. The van der Waals surface area contributed by atoms with E-state index in [-0.39, 0.29) is 11.6 Å². The number of aromatic carboxylic acids is 1. The average Bonchev–Trinajstić information content (AvgIpc) is 2.71. The number of carboxylic acids is 1. The van der Waals surface area contributed by atoms with Crippen molar-refractivity contribution in [2.45, 2.75) is 13.0 Å². The van der Waals surface area contributed by atoms with E-state index in [4.69, 9.17) is 4.74 Å². The van der Waals surface area contributed by atoms with Gasteiger partial charge in [-0.3, -0.25) is 9.78 Å². The monoisotopic (exact) mass is 372 g/mol. The molecule has 28 heavy (non-hydrogen) atoms. The first-order valence-corrected chi connectivity index (χ1v) is 8.96. The summed E-state index contributed by atoms with van der Waals surface area (Å²) in [6, 6.07) is 11.4. The molecule has 0 aliphatic carbocycles. The minimum absolute atomic E-state index is 0.0772. The highest BCUT2D eigenvalue weighted by molar-refractivity contribution is 5.98. The number of pyridine rings is 2. The van der Waals surface area contributed by atoms with Crippen molar-refractivity contribution in [1.29, 1.82) is 0 Å². The number of hydrogen-bond donors (Lipinski definition) is 1. The van der Waals surface area contributed by atoms with E-state index >= 15 is 0 Å². The first kappa shape index (κ1) is 16.5. The third-order valence-electron chi connectivity index (χ3n) is 5.27. The van der Waals surface area contributed by atoms with Gasteiger partial charge in [0.1, 0.15) is 12.2 Å². The molecule has 3 heterocycles. The number of hydrogen-bond acceptors (Lipinski definition) is 4. The van der Waals surface area contributed by atoms with Crippen LogP contribution in [0.2, 0.25) is 0 Å². The molecule has 4 aromatic rings. The van der Waals surface area contributed by atoms with Crippen molar-refractivity contribution in [3.8, 4) is 16.9 Å². The lowest BCUT2D eigenvalue weighted by atomic mass is 9.98. The van der Waals surface area contributed by atoms with E-state index in [1.165, 1.54) is 6.20 Å². The van der Waals surface area contributed by atoms with Gasteiger partial charge in [0.05, 0.1) is 16.9 Å². The zero-order valence-corrected chi connectivity index (χ0v) is 15.0.